The Morgan fingerprint density at radius 1 is 1.25 bits per heavy atom. The van der Waals surface area contributed by atoms with Gasteiger partial charge in [0.05, 0.1) is 5.56 Å². The van der Waals surface area contributed by atoms with Crippen molar-refractivity contribution in [3.05, 3.63) is 29.8 Å². The van der Waals surface area contributed by atoms with E-state index in [1.807, 2.05) is 39.0 Å². The second-order valence-corrected chi connectivity index (χ2v) is 8.50. The van der Waals surface area contributed by atoms with Gasteiger partial charge in [-0.15, -0.1) is 0 Å². The molecule has 1 unspecified atom stereocenters. The summed E-state index contributed by atoms with van der Waals surface area (Å²) in [5.41, 5.74) is 1.20. The number of methoxy groups -OCH3 is 1. The molecule has 0 aromatic heterocycles. The van der Waals surface area contributed by atoms with Crippen LogP contribution in [0.25, 0.3) is 5.57 Å². The molecule has 154 valence electrons. The summed E-state index contributed by atoms with van der Waals surface area (Å²) in [6.45, 7) is 9.23. The molecule has 0 saturated carbocycles. The van der Waals surface area contributed by atoms with Crippen LogP contribution in [0.3, 0.4) is 0 Å². The maximum atomic E-state index is 12.5. The van der Waals surface area contributed by atoms with Crippen molar-refractivity contribution >= 4 is 11.7 Å². The number of carbonyl (C=O) groups excluding carboxylic acids is 1. The quantitative estimate of drug-likeness (QED) is 0.706. The van der Waals surface area contributed by atoms with Crippen LogP contribution in [0.15, 0.2) is 24.3 Å². The summed E-state index contributed by atoms with van der Waals surface area (Å²) in [6.07, 6.45) is 4.38. The Morgan fingerprint density at radius 2 is 2.04 bits per heavy atom. The van der Waals surface area contributed by atoms with Crippen molar-refractivity contribution in [3.8, 4) is 11.5 Å². The van der Waals surface area contributed by atoms with Crippen LogP contribution in [0.5, 0.6) is 11.5 Å². The number of carbonyl (C=O) groups is 1. The fraction of sp³-hybridized carbons (Fsp3) is 0.591. The number of nitrogens with zero attached hydrogens (tertiary/aromatic N) is 1. The van der Waals surface area contributed by atoms with Gasteiger partial charge in [-0.05, 0) is 64.3 Å². The molecule has 1 spiro atoms. The predicted molar refractivity (Wildman–Crippen MR) is 108 cm³/mol. The van der Waals surface area contributed by atoms with Crippen LogP contribution in [0, 0.1) is 0 Å². The maximum absolute atomic E-state index is 12.5. The molecule has 1 fully saturated rings. The Balaban J connectivity index is 1.77. The number of rotatable bonds is 3. The Hall–Kier alpha value is -2.21. The predicted octanol–water partition coefficient (Wildman–Crippen LogP) is 4.62. The topological polar surface area (TPSA) is 57.2 Å². The summed E-state index contributed by atoms with van der Waals surface area (Å²) in [5.74, 6) is 1.58. The van der Waals surface area contributed by atoms with Crippen molar-refractivity contribution in [1.82, 2.24) is 4.90 Å². The molecule has 6 heteroatoms. The van der Waals surface area contributed by atoms with E-state index in [-0.39, 0.29) is 12.9 Å². The molecule has 0 N–H and O–H groups in total. The number of likely N-dealkylation sites (tertiary alicyclic amines) is 1. The van der Waals surface area contributed by atoms with Gasteiger partial charge in [-0.3, -0.25) is 0 Å². The van der Waals surface area contributed by atoms with Gasteiger partial charge in [0.25, 0.3) is 0 Å². The lowest BCUT2D eigenvalue weighted by molar-refractivity contribution is 0.0243. The van der Waals surface area contributed by atoms with E-state index >= 15 is 0 Å². The van der Waals surface area contributed by atoms with Gasteiger partial charge < -0.3 is 23.8 Å². The molecule has 0 aliphatic carbocycles. The number of fused-ring (bicyclic) bond motifs is 1. The minimum absolute atomic E-state index is 0.194. The largest absolute Gasteiger partial charge is 0.482 e. The van der Waals surface area contributed by atoms with Gasteiger partial charge >= 0.3 is 6.09 Å². The van der Waals surface area contributed by atoms with Crippen LogP contribution < -0.4 is 9.47 Å². The number of ether oxygens (including phenoxy) is 4. The maximum Gasteiger partial charge on any atom is 0.410 e. The zero-order valence-corrected chi connectivity index (χ0v) is 17.5. The third-order valence-electron chi connectivity index (χ3n) is 4.99. The standard InChI is InChI=1S/C22H31NO5/c1-16-14-22(27-18-9-6-8-17(19(16)18)26-15-25-5)10-7-12-23(13-11-22)20(24)28-21(2,3)4/h6,8-9,14H,7,10-13,15H2,1-5H3. The molecule has 3 rings (SSSR count). The summed E-state index contributed by atoms with van der Waals surface area (Å²) >= 11 is 0. The highest BCUT2D eigenvalue weighted by atomic mass is 16.7. The van der Waals surface area contributed by atoms with Crippen LogP contribution in [-0.4, -0.2) is 49.2 Å². The summed E-state index contributed by atoms with van der Waals surface area (Å²) in [6, 6.07) is 5.83. The molecular weight excluding hydrogens is 358 g/mol. The van der Waals surface area contributed by atoms with Crippen molar-refractivity contribution in [2.45, 2.75) is 58.2 Å². The second kappa shape index (κ2) is 8.03. The van der Waals surface area contributed by atoms with Gasteiger partial charge in [0.1, 0.15) is 22.7 Å². The third kappa shape index (κ3) is 4.61. The number of allylic oxidation sites excluding steroid dienone is 1. The molecule has 2 heterocycles. The van der Waals surface area contributed by atoms with E-state index in [1.54, 1.807) is 12.0 Å². The van der Waals surface area contributed by atoms with E-state index in [0.717, 1.165) is 41.9 Å². The molecule has 2 aliphatic rings. The van der Waals surface area contributed by atoms with Crippen molar-refractivity contribution in [2.75, 3.05) is 27.0 Å². The molecule has 28 heavy (non-hydrogen) atoms. The first-order valence-corrected chi connectivity index (χ1v) is 9.84. The molecule has 1 amide bonds. The Labute approximate surface area is 167 Å². The lowest BCUT2D eigenvalue weighted by Crippen LogP contribution is -2.40. The molecule has 1 saturated heterocycles. The van der Waals surface area contributed by atoms with Crippen molar-refractivity contribution in [2.24, 2.45) is 0 Å². The zero-order chi connectivity index (χ0) is 20.4. The van der Waals surface area contributed by atoms with Crippen LogP contribution in [-0.2, 0) is 9.47 Å². The molecule has 6 nitrogen and oxygen atoms in total. The molecule has 0 bridgehead atoms. The molecule has 0 radical (unpaired) electrons. The number of amides is 1. The smallest absolute Gasteiger partial charge is 0.410 e. The highest BCUT2D eigenvalue weighted by Gasteiger charge is 2.38. The monoisotopic (exact) mass is 389 g/mol. The normalized spacial score (nSPS) is 22.0. The van der Waals surface area contributed by atoms with Gasteiger partial charge in [0.2, 0.25) is 0 Å². The minimum atomic E-state index is -0.490. The van der Waals surface area contributed by atoms with Crippen LogP contribution in [0.4, 0.5) is 4.79 Å². The van der Waals surface area contributed by atoms with Crippen LogP contribution >= 0.6 is 0 Å². The average Bonchev–Trinajstić information content (AvgIpc) is 2.80. The molecule has 2 aliphatic heterocycles. The second-order valence-electron chi connectivity index (χ2n) is 8.50. The number of hydrogen-bond acceptors (Lipinski definition) is 5. The van der Waals surface area contributed by atoms with Gasteiger partial charge in [-0.25, -0.2) is 4.79 Å². The molecule has 1 aromatic rings. The molecule has 1 atom stereocenters. The van der Waals surface area contributed by atoms with Gasteiger partial charge in [0, 0.05) is 26.6 Å². The average molecular weight is 389 g/mol. The Bertz CT molecular complexity index is 752. The van der Waals surface area contributed by atoms with E-state index in [1.165, 1.54) is 0 Å². The van der Waals surface area contributed by atoms with E-state index in [0.29, 0.717) is 13.1 Å². The van der Waals surface area contributed by atoms with Gasteiger partial charge in [-0.1, -0.05) is 6.07 Å². The van der Waals surface area contributed by atoms with Crippen molar-refractivity contribution in [3.63, 3.8) is 0 Å². The Kier molecular flexibility index (Phi) is 5.89. The first kappa shape index (κ1) is 20.5. The highest BCUT2D eigenvalue weighted by molar-refractivity contribution is 5.76. The summed E-state index contributed by atoms with van der Waals surface area (Å²) in [7, 11) is 1.60. The summed E-state index contributed by atoms with van der Waals surface area (Å²) in [4.78, 5) is 14.3. The summed E-state index contributed by atoms with van der Waals surface area (Å²) < 4.78 is 22.8. The van der Waals surface area contributed by atoms with Gasteiger partial charge in [-0.2, -0.15) is 0 Å². The van der Waals surface area contributed by atoms with Crippen molar-refractivity contribution in [1.29, 1.82) is 0 Å². The molecular formula is C22H31NO5. The fourth-order valence-corrected chi connectivity index (χ4v) is 3.83. The lowest BCUT2D eigenvalue weighted by atomic mass is 9.87. The SMILES string of the molecule is COCOc1cccc2c1C(C)=CC1(CCCN(C(=O)OC(C)(C)C)CC1)O2. The minimum Gasteiger partial charge on any atom is -0.482 e. The van der Waals surface area contributed by atoms with Gasteiger partial charge in [0.15, 0.2) is 6.79 Å². The number of benzene rings is 1. The highest BCUT2D eigenvalue weighted by Crippen LogP contribution is 2.44. The van der Waals surface area contributed by atoms with Crippen molar-refractivity contribution < 1.29 is 23.7 Å². The van der Waals surface area contributed by atoms with E-state index in [2.05, 4.69) is 13.0 Å². The summed E-state index contributed by atoms with van der Waals surface area (Å²) in [5, 5.41) is 0. The number of hydrogen-bond donors (Lipinski definition) is 0. The fourth-order valence-electron chi connectivity index (χ4n) is 3.83. The van der Waals surface area contributed by atoms with Crippen LogP contribution in [0.2, 0.25) is 0 Å². The Morgan fingerprint density at radius 3 is 2.75 bits per heavy atom. The third-order valence-corrected chi connectivity index (χ3v) is 4.99. The van der Waals surface area contributed by atoms with E-state index in [9.17, 15) is 4.79 Å². The van der Waals surface area contributed by atoms with E-state index < -0.39 is 11.2 Å². The first-order chi connectivity index (χ1) is 13.2. The first-order valence-electron chi connectivity index (χ1n) is 9.84. The zero-order valence-electron chi connectivity index (χ0n) is 17.5. The van der Waals surface area contributed by atoms with Crippen LogP contribution in [0.1, 0.15) is 52.5 Å². The van der Waals surface area contributed by atoms with E-state index in [4.69, 9.17) is 18.9 Å². The lowest BCUT2D eigenvalue weighted by Gasteiger charge is -2.36. The molecule has 1 aromatic carbocycles.